The van der Waals surface area contributed by atoms with Crippen LogP contribution in [0.25, 0.3) is 0 Å². The molecule has 0 aliphatic carbocycles. The van der Waals surface area contributed by atoms with Crippen LogP contribution in [0.3, 0.4) is 0 Å². The molecule has 0 spiro atoms. The molecule has 0 radical (unpaired) electrons. The predicted molar refractivity (Wildman–Crippen MR) is 72.3 cm³/mol. The van der Waals surface area contributed by atoms with Gasteiger partial charge in [-0.3, -0.25) is 5.43 Å². The van der Waals surface area contributed by atoms with Crippen LogP contribution in [0.1, 0.15) is 0 Å². The summed E-state index contributed by atoms with van der Waals surface area (Å²) in [5.41, 5.74) is 2.52. The van der Waals surface area contributed by atoms with Crippen molar-refractivity contribution < 1.29 is 0 Å². The molecule has 11 heteroatoms. The summed E-state index contributed by atoms with van der Waals surface area (Å²) in [6.07, 6.45) is 0. The first-order chi connectivity index (χ1) is 6.98. The summed E-state index contributed by atoms with van der Waals surface area (Å²) in [5.74, 6) is -0.0613. The standard InChI is InChI=1S/C5H3Cl8N3/c6-3(7,8)2-15-14-1-16(2)5(12,13)4(9,10)11/h14H,1H2. The van der Waals surface area contributed by atoms with E-state index in [-0.39, 0.29) is 12.5 Å². The zero-order valence-corrected chi connectivity index (χ0v) is 13.2. The van der Waals surface area contributed by atoms with Gasteiger partial charge in [-0.1, -0.05) is 92.8 Å². The highest BCUT2D eigenvalue weighted by Crippen LogP contribution is 2.50. The van der Waals surface area contributed by atoms with Crippen LogP contribution in [-0.4, -0.2) is 29.4 Å². The first-order valence-electron chi connectivity index (χ1n) is 3.58. The van der Waals surface area contributed by atoms with Crippen LogP contribution in [0.15, 0.2) is 5.10 Å². The zero-order valence-electron chi connectivity index (χ0n) is 7.13. The van der Waals surface area contributed by atoms with Crippen molar-refractivity contribution in [3.05, 3.63) is 0 Å². The second-order valence-corrected chi connectivity index (χ2v) is 8.57. The van der Waals surface area contributed by atoms with Crippen LogP contribution in [0.4, 0.5) is 0 Å². The molecule has 3 nitrogen and oxygen atoms in total. The van der Waals surface area contributed by atoms with E-state index >= 15 is 0 Å². The average Bonchev–Trinajstić information content (AvgIpc) is 2.47. The van der Waals surface area contributed by atoms with Gasteiger partial charge < -0.3 is 4.90 Å². The van der Waals surface area contributed by atoms with E-state index in [1.165, 1.54) is 0 Å². The maximum absolute atomic E-state index is 5.92. The normalized spacial score (nSPS) is 18.5. The van der Waals surface area contributed by atoms with Gasteiger partial charge in [-0.25, -0.2) is 0 Å². The van der Waals surface area contributed by atoms with Gasteiger partial charge in [0.25, 0.3) is 0 Å². The minimum Gasteiger partial charge on any atom is -0.301 e. The van der Waals surface area contributed by atoms with Crippen LogP contribution in [0.2, 0.25) is 0 Å². The molecule has 1 rings (SSSR count). The van der Waals surface area contributed by atoms with Gasteiger partial charge in [0, 0.05) is 0 Å². The largest absolute Gasteiger partial charge is 0.301 e. The molecular formula is C5H3Cl8N3. The van der Waals surface area contributed by atoms with E-state index in [2.05, 4.69) is 10.5 Å². The van der Waals surface area contributed by atoms with E-state index in [0.29, 0.717) is 0 Å². The number of hydrogen-bond acceptors (Lipinski definition) is 3. The second-order valence-electron chi connectivity index (χ2n) is 2.72. The van der Waals surface area contributed by atoms with E-state index in [4.69, 9.17) is 92.8 Å². The van der Waals surface area contributed by atoms with Crippen LogP contribution in [-0.2, 0) is 0 Å². The van der Waals surface area contributed by atoms with Gasteiger partial charge in [0.2, 0.25) is 12.0 Å². The van der Waals surface area contributed by atoms with Gasteiger partial charge >= 0.3 is 0 Å². The fraction of sp³-hybridized carbons (Fsp3) is 0.800. The van der Waals surface area contributed by atoms with Gasteiger partial charge in [-0.05, 0) is 0 Å². The summed E-state index contributed by atoms with van der Waals surface area (Å²) in [4.78, 5) is 1.14. The summed E-state index contributed by atoms with van der Waals surface area (Å²) < 4.78 is -5.78. The maximum Gasteiger partial charge on any atom is 0.249 e. The summed E-state index contributed by atoms with van der Waals surface area (Å²) in [5, 5.41) is 3.72. The molecule has 0 aromatic rings. The van der Waals surface area contributed by atoms with E-state index < -0.39 is 12.0 Å². The Kier molecular flexibility index (Phi) is 4.82. The summed E-state index contributed by atoms with van der Waals surface area (Å²) in [6.45, 7) is 0.0458. The van der Waals surface area contributed by atoms with Gasteiger partial charge in [-0.2, -0.15) is 5.10 Å². The Morgan fingerprint density at radius 1 is 1.00 bits per heavy atom. The Morgan fingerprint density at radius 3 is 1.88 bits per heavy atom. The van der Waals surface area contributed by atoms with Crippen LogP contribution in [0.5, 0.6) is 0 Å². The van der Waals surface area contributed by atoms with Crippen molar-refractivity contribution in [1.82, 2.24) is 10.3 Å². The molecule has 1 aliphatic rings. The number of nitrogens with one attached hydrogen (secondary N) is 1. The number of alkyl halides is 8. The van der Waals surface area contributed by atoms with Gasteiger partial charge in [-0.15, -0.1) is 0 Å². The molecule has 1 N–H and O–H groups in total. The molecule has 94 valence electrons. The van der Waals surface area contributed by atoms with Crippen molar-refractivity contribution >= 4 is 98.6 Å². The molecule has 0 aromatic carbocycles. The lowest BCUT2D eigenvalue weighted by Gasteiger charge is -2.38. The lowest BCUT2D eigenvalue weighted by molar-refractivity contribution is 0.358. The number of rotatable bonds is 1. The molecule has 0 saturated carbocycles. The molecule has 16 heavy (non-hydrogen) atoms. The minimum atomic E-state index is -2.02. The molecule has 0 bridgehead atoms. The van der Waals surface area contributed by atoms with Gasteiger partial charge in [0.1, 0.15) is 6.67 Å². The Balaban J connectivity index is 3.03. The molecule has 0 fully saturated rings. The maximum atomic E-state index is 5.92. The fourth-order valence-electron chi connectivity index (χ4n) is 0.918. The van der Waals surface area contributed by atoms with Crippen molar-refractivity contribution in [2.75, 3.05) is 6.67 Å². The lowest BCUT2D eigenvalue weighted by atomic mass is 10.5. The third kappa shape index (κ3) is 3.12. The predicted octanol–water partition coefficient (Wildman–Crippen LogP) is 4.03. The molecular weight excluding hydrogens is 386 g/mol. The monoisotopic (exact) mass is 385 g/mol. The first kappa shape index (κ1) is 15.6. The zero-order chi connectivity index (χ0) is 12.8. The van der Waals surface area contributed by atoms with E-state index in [1.807, 2.05) is 0 Å². The highest BCUT2D eigenvalue weighted by molar-refractivity contribution is 6.78. The summed E-state index contributed by atoms with van der Waals surface area (Å²) in [6, 6.07) is 0. The summed E-state index contributed by atoms with van der Waals surface area (Å²) in [7, 11) is 0. The second kappa shape index (κ2) is 4.93. The van der Waals surface area contributed by atoms with Crippen molar-refractivity contribution in [2.24, 2.45) is 5.10 Å². The highest BCUT2D eigenvalue weighted by atomic mass is 35.6. The molecule has 1 heterocycles. The van der Waals surface area contributed by atoms with Crippen molar-refractivity contribution in [3.8, 4) is 0 Å². The summed E-state index contributed by atoms with van der Waals surface area (Å²) >= 11 is 45.7. The fourth-order valence-corrected chi connectivity index (χ4v) is 1.94. The topological polar surface area (TPSA) is 27.6 Å². The third-order valence-corrected chi connectivity index (χ3v) is 4.49. The molecule has 0 unspecified atom stereocenters. The van der Waals surface area contributed by atoms with Crippen molar-refractivity contribution in [3.63, 3.8) is 0 Å². The van der Waals surface area contributed by atoms with Crippen molar-refractivity contribution in [1.29, 1.82) is 0 Å². The van der Waals surface area contributed by atoms with Crippen LogP contribution >= 0.6 is 92.8 Å². The molecule has 0 saturated heterocycles. The Hall–Kier alpha value is 1.59. The Labute approximate surface area is 132 Å². The molecule has 0 aromatic heterocycles. The van der Waals surface area contributed by atoms with E-state index in [9.17, 15) is 0 Å². The Bertz CT molecular complexity index is 302. The smallest absolute Gasteiger partial charge is 0.249 e. The molecule has 0 atom stereocenters. The molecule has 1 aliphatic heterocycles. The minimum absolute atomic E-state index is 0.0458. The SMILES string of the molecule is ClC(Cl)(Cl)C1=NNCN1C(Cl)(Cl)C(Cl)(Cl)Cl. The third-order valence-electron chi connectivity index (χ3n) is 1.60. The van der Waals surface area contributed by atoms with E-state index in [0.717, 1.165) is 4.90 Å². The quantitative estimate of drug-likeness (QED) is 0.542. The highest BCUT2D eigenvalue weighted by Gasteiger charge is 2.55. The Morgan fingerprint density at radius 2 is 1.50 bits per heavy atom. The van der Waals surface area contributed by atoms with Gasteiger partial charge in [0.05, 0.1) is 0 Å². The van der Waals surface area contributed by atoms with E-state index in [1.54, 1.807) is 0 Å². The average molecular weight is 389 g/mol. The van der Waals surface area contributed by atoms with Crippen molar-refractivity contribution in [2.45, 2.75) is 12.0 Å². The van der Waals surface area contributed by atoms with Gasteiger partial charge in [0.15, 0.2) is 5.84 Å². The number of nitrogens with zero attached hydrogens (tertiary/aromatic N) is 2. The number of amidine groups is 1. The lowest BCUT2D eigenvalue weighted by Crippen LogP contribution is -2.54. The number of halogens is 8. The number of hydrogen-bond donors (Lipinski definition) is 1. The number of hydrazone groups is 1. The first-order valence-corrected chi connectivity index (χ1v) is 6.60. The van der Waals surface area contributed by atoms with Crippen LogP contribution in [0, 0.1) is 0 Å². The van der Waals surface area contributed by atoms with Crippen LogP contribution < -0.4 is 5.43 Å². The molecule has 0 amide bonds.